The molecule has 2 rings (SSSR count). The van der Waals surface area contributed by atoms with Crippen molar-refractivity contribution in [2.75, 3.05) is 37.3 Å². The largest absolute Gasteiger partial charge is 0.370 e. The van der Waals surface area contributed by atoms with Crippen molar-refractivity contribution in [3.05, 3.63) is 11.9 Å². The number of rotatable bonds is 6. The van der Waals surface area contributed by atoms with Gasteiger partial charge >= 0.3 is 0 Å². The number of hydrogen-bond acceptors (Lipinski definition) is 5. The summed E-state index contributed by atoms with van der Waals surface area (Å²) in [5.74, 6) is 1.90. The third-order valence-corrected chi connectivity index (χ3v) is 3.80. The molecule has 0 aromatic carbocycles. The molecule has 1 fully saturated rings. The van der Waals surface area contributed by atoms with Crippen LogP contribution in [0.3, 0.4) is 0 Å². The Kier molecular flexibility index (Phi) is 4.96. The van der Waals surface area contributed by atoms with Crippen molar-refractivity contribution in [3.63, 3.8) is 0 Å². The first-order chi connectivity index (χ1) is 9.22. The number of aromatic nitrogens is 2. The monoisotopic (exact) mass is 263 g/mol. The first-order valence-electron chi connectivity index (χ1n) is 7.22. The van der Waals surface area contributed by atoms with Crippen LogP contribution in [0.1, 0.15) is 31.7 Å². The summed E-state index contributed by atoms with van der Waals surface area (Å²) in [6.45, 7) is 7.33. The maximum Gasteiger partial charge on any atom is 0.134 e. The summed E-state index contributed by atoms with van der Waals surface area (Å²) >= 11 is 0. The highest BCUT2D eigenvalue weighted by Gasteiger charge is 2.20. The minimum atomic E-state index is 0.626. The zero-order valence-electron chi connectivity index (χ0n) is 12.2. The van der Waals surface area contributed by atoms with Gasteiger partial charge in [-0.1, -0.05) is 6.92 Å². The van der Waals surface area contributed by atoms with E-state index >= 15 is 0 Å². The van der Waals surface area contributed by atoms with Gasteiger partial charge < -0.3 is 15.5 Å². The molecule has 1 aliphatic rings. The highest BCUT2D eigenvalue weighted by atomic mass is 15.2. The summed E-state index contributed by atoms with van der Waals surface area (Å²) in [4.78, 5) is 11.1. The number of anilines is 2. The van der Waals surface area contributed by atoms with E-state index in [1.807, 2.05) is 0 Å². The quantitative estimate of drug-likeness (QED) is 0.823. The second kappa shape index (κ2) is 6.70. The second-order valence-electron chi connectivity index (χ2n) is 5.28. The van der Waals surface area contributed by atoms with Gasteiger partial charge in [-0.3, -0.25) is 0 Å². The Morgan fingerprint density at radius 3 is 2.68 bits per heavy atom. The Bertz CT molecular complexity index is 407. The van der Waals surface area contributed by atoms with Gasteiger partial charge in [0.2, 0.25) is 0 Å². The van der Waals surface area contributed by atoms with Crippen molar-refractivity contribution >= 4 is 11.6 Å². The Morgan fingerprint density at radius 2 is 2.05 bits per heavy atom. The molecule has 1 aromatic heterocycles. The van der Waals surface area contributed by atoms with Crippen molar-refractivity contribution in [2.45, 2.75) is 39.2 Å². The predicted molar refractivity (Wildman–Crippen MR) is 79.7 cm³/mol. The summed E-state index contributed by atoms with van der Waals surface area (Å²) in [5.41, 5.74) is 1.11. The van der Waals surface area contributed by atoms with Crippen molar-refractivity contribution < 1.29 is 0 Å². The molecule has 1 saturated heterocycles. The minimum Gasteiger partial charge on any atom is -0.370 e. The number of likely N-dealkylation sites (N-methyl/N-ethyl adjacent to an activating group) is 1. The molecule has 1 aromatic rings. The van der Waals surface area contributed by atoms with Crippen molar-refractivity contribution in [3.8, 4) is 0 Å². The van der Waals surface area contributed by atoms with Crippen LogP contribution >= 0.6 is 0 Å². The molecule has 0 spiro atoms. The van der Waals surface area contributed by atoms with Crippen LogP contribution in [0, 0.1) is 6.92 Å². The lowest BCUT2D eigenvalue weighted by Crippen LogP contribution is -2.32. The van der Waals surface area contributed by atoms with Crippen LogP contribution in [0.5, 0.6) is 0 Å². The predicted octanol–water partition coefficient (Wildman–Crippen LogP) is 2.11. The van der Waals surface area contributed by atoms with E-state index in [1.54, 1.807) is 6.33 Å². The Morgan fingerprint density at radius 1 is 1.32 bits per heavy atom. The fourth-order valence-corrected chi connectivity index (χ4v) is 2.50. The Balaban J connectivity index is 1.96. The standard InChI is InChI=1S/C14H25N5/c1-4-7-15-13-11(2)14(18-10-17-13)16-9-12-6-5-8-19(12)3/h10,12H,4-9H2,1-3H3,(H2,15,16,17,18). The van der Waals surface area contributed by atoms with Gasteiger partial charge in [0.05, 0.1) is 0 Å². The van der Waals surface area contributed by atoms with E-state index in [2.05, 4.69) is 46.4 Å². The fraction of sp³-hybridized carbons (Fsp3) is 0.714. The third kappa shape index (κ3) is 3.56. The van der Waals surface area contributed by atoms with Gasteiger partial charge in [0.1, 0.15) is 18.0 Å². The molecule has 0 aliphatic carbocycles. The highest BCUT2D eigenvalue weighted by molar-refractivity contribution is 5.56. The lowest BCUT2D eigenvalue weighted by Gasteiger charge is -2.21. The zero-order valence-corrected chi connectivity index (χ0v) is 12.2. The van der Waals surface area contributed by atoms with Gasteiger partial charge in [0, 0.05) is 24.7 Å². The lowest BCUT2D eigenvalue weighted by molar-refractivity contribution is 0.322. The van der Waals surface area contributed by atoms with Gasteiger partial charge in [0.15, 0.2) is 0 Å². The SMILES string of the molecule is CCCNc1ncnc(NCC2CCCN2C)c1C. The zero-order chi connectivity index (χ0) is 13.7. The molecule has 19 heavy (non-hydrogen) atoms. The van der Waals surface area contributed by atoms with E-state index in [4.69, 9.17) is 0 Å². The number of nitrogens with one attached hydrogen (secondary N) is 2. The number of likely N-dealkylation sites (tertiary alicyclic amines) is 1. The molecule has 0 radical (unpaired) electrons. The first-order valence-corrected chi connectivity index (χ1v) is 7.22. The topological polar surface area (TPSA) is 53.1 Å². The van der Waals surface area contributed by atoms with E-state index in [9.17, 15) is 0 Å². The van der Waals surface area contributed by atoms with Gasteiger partial charge in [-0.05, 0) is 39.8 Å². The number of nitrogens with zero attached hydrogens (tertiary/aromatic N) is 3. The average Bonchev–Trinajstić information content (AvgIpc) is 2.82. The molecule has 5 nitrogen and oxygen atoms in total. The Labute approximate surface area is 115 Å². The van der Waals surface area contributed by atoms with Gasteiger partial charge in [-0.15, -0.1) is 0 Å². The Hall–Kier alpha value is -1.36. The van der Waals surface area contributed by atoms with Crippen molar-refractivity contribution in [1.29, 1.82) is 0 Å². The summed E-state index contributed by atoms with van der Waals surface area (Å²) < 4.78 is 0. The van der Waals surface area contributed by atoms with E-state index in [0.29, 0.717) is 6.04 Å². The minimum absolute atomic E-state index is 0.626. The molecule has 2 heterocycles. The van der Waals surface area contributed by atoms with Crippen LogP contribution in [0.25, 0.3) is 0 Å². The molecular formula is C14H25N5. The molecule has 1 aliphatic heterocycles. The average molecular weight is 263 g/mol. The van der Waals surface area contributed by atoms with Crippen molar-refractivity contribution in [2.24, 2.45) is 0 Å². The normalized spacial score (nSPS) is 19.6. The van der Waals surface area contributed by atoms with Gasteiger partial charge in [-0.25, -0.2) is 9.97 Å². The highest BCUT2D eigenvalue weighted by Crippen LogP contribution is 2.20. The molecule has 106 valence electrons. The maximum atomic E-state index is 4.35. The summed E-state index contributed by atoms with van der Waals surface area (Å²) in [7, 11) is 2.19. The van der Waals surface area contributed by atoms with E-state index in [0.717, 1.165) is 36.7 Å². The number of hydrogen-bond donors (Lipinski definition) is 2. The van der Waals surface area contributed by atoms with Crippen LogP contribution in [0.2, 0.25) is 0 Å². The molecule has 0 bridgehead atoms. The van der Waals surface area contributed by atoms with Crippen LogP contribution in [0.15, 0.2) is 6.33 Å². The summed E-state index contributed by atoms with van der Waals surface area (Å²) in [6.07, 6.45) is 5.30. The molecule has 1 unspecified atom stereocenters. The summed E-state index contributed by atoms with van der Waals surface area (Å²) in [5, 5.41) is 6.81. The van der Waals surface area contributed by atoms with Crippen LogP contribution in [-0.4, -0.2) is 47.6 Å². The smallest absolute Gasteiger partial charge is 0.134 e. The molecule has 0 saturated carbocycles. The fourth-order valence-electron chi connectivity index (χ4n) is 2.50. The van der Waals surface area contributed by atoms with Gasteiger partial charge in [-0.2, -0.15) is 0 Å². The van der Waals surface area contributed by atoms with Crippen LogP contribution < -0.4 is 10.6 Å². The van der Waals surface area contributed by atoms with E-state index < -0.39 is 0 Å². The van der Waals surface area contributed by atoms with Gasteiger partial charge in [0.25, 0.3) is 0 Å². The molecule has 0 amide bonds. The summed E-state index contributed by atoms with van der Waals surface area (Å²) in [6, 6.07) is 0.626. The molecule has 5 heteroatoms. The second-order valence-corrected chi connectivity index (χ2v) is 5.28. The van der Waals surface area contributed by atoms with E-state index in [1.165, 1.54) is 19.4 Å². The lowest BCUT2D eigenvalue weighted by atomic mass is 10.2. The third-order valence-electron chi connectivity index (χ3n) is 3.80. The van der Waals surface area contributed by atoms with Crippen molar-refractivity contribution in [1.82, 2.24) is 14.9 Å². The maximum absolute atomic E-state index is 4.35. The molecule has 1 atom stereocenters. The van der Waals surface area contributed by atoms with Crippen LogP contribution in [-0.2, 0) is 0 Å². The molecular weight excluding hydrogens is 238 g/mol. The molecule has 2 N–H and O–H groups in total. The van der Waals surface area contributed by atoms with E-state index in [-0.39, 0.29) is 0 Å². The first kappa shape index (κ1) is 14.1. The van der Waals surface area contributed by atoms with Crippen LogP contribution in [0.4, 0.5) is 11.6 Å².